The molecule has 0 unspecified atom stereocenters. The van der Waals surface area contributed by atoms with Gasteiger partial charge in [0.1, 0.15) is 18.2 Å². The second kappa shape index (κ2) is 10.2. The molecule has 0 bridgehead atoms. The quantitative estimate of drug-likeness (QED) is 0.250. The molecule has 0 fully saturated rings. The largest absolute Gasteiger partial charge is 0.396 e. The summed E-state index contributed by atoms with van der Waals surface area (Å²) in [5, 5.41) is 0. The number of sulfone groups is 2. The topological polar surface area (TPSA) is 98.2 Å². The molecule has 3 aromatic rings. The number of pyridine rings is 1. The van der Waals surface area contributed by atoms with Crippen molar-refractivity contribution in [3.05, 3.63) is 78.2 Å². The number of aromatic nitrogens is 1. The number of nitrogens with two attached hydrogens (primary N) is 1. The normalized spacial score (nSPS) is 11.2. The lowest BCUT2D eigenvalue weighted by atomic mass is 10.1. The SMILES string of the molecule is C[n+]1cc(C#Cc2cc(S(C)(=O)=O)ccc2I)c(N)c(C#Cc2cc(S(C)(=O)=O)ccc2I)c1. The van der Waals surface area contributed by atoms with Crippen molar-refractivity contribution in [2.24, 2.45) is 7.05 Å². The highest BCUT2D eigenvalue weighted by Gasteiger charge is 2.12. The number of hydrogen-bond acceptors (Lipinski definition) is 5. The van der Waals surface area contributed by atoms with E-state index in [1.165, 1.54) is 0 Å². The molecule has 3 rings (SSSR count). The number of nitrogens with zero attached hydrogens (tertiary/aromatic N) is 1. The van der Waals surface area contributed by atoms with Gasteiger partial charge < -0.3 is 5.73 Å². The van der Waals surface area contributed by atoms with E-state index < -0.39 is 19.7 Å². The van der Waals surface area contributed by atoms with Crippen molar-refractivity contribution in [1.82, 2.24) is 0 Å². The van der Waals surface area contributed by atoms with Crippen molar-refractivity contribution >= 4 is 70.5 Å². The Morgan fingerprint density at radius 2 is 1.06 bits per heavy atom. The van der Waals surface area contributed by atoms with Crippen LogP contribution in [0, 0.1) is 30.8 Å². The summed E-state index contributed by atoms with van der Waals surface area (Å²) in [6, 6.07) is 9.60. The molecule has 0 amide bonds. The molecule has 0 saturated heterocycles. The first-order valence-corrected chi connectivity index (χ1v) is 15.5. The van der Waals surface area contributed by atoms with E-state index in [0.29, 0.717) is 27.9 Å². The van der Waals surface area contributed by atoms with Crippen LogP contribution in [0.3, 0.4) is 0 Å². The molecule has 0 atom stereocenters. The summed E-state index contributed by atoms with van der Waals surface area (Å²) in [6.07, 6.45) is 5.82. The van der Waals surface area contributed by atoms with Crippen LogP contribution in [0.25, 0.3) is 0 Å². The maximum atomic E-state index is 11.9. The van der Waals surface area contributed by atoms with Crippen LogP contribution in [0.4, 0.5) is 5.69 Å². The van der Waals surface area contributed by atoms with E-state index >= 15 is 0 Å². The molecule has 0 aliphatic carbocycles. The molecule has 1 aromatic heterocycles. The van der Waals surface area contributed by atoms with E-state index in [9.17, 15) is 16.8 Å². The van der Waals surface area contributed by atoms with Gasteiger partial charge in [-0.05, 0) is 81.6 Å². The number of benzene rings is 2. The van der Waals surface area contributed by atoms with E-state index in [1.807, 2.05) is 7.05 Å². The molecule has 2 aromatic carbocycles. The summed E-state index contributed by atoms with van der Waals surface area (Å²) in [6.45, 7) is 0. The molecular formula is C24H19I2N2O4S2+. The fourth-order valence-corrected chi connectivity index (χ4v) is 5.09. The summed E-state index contributed by atoms with van der Waals surface area (Å²) in [7, 11) is -4.89. The van der Waals surface area contributed by atoms with Crippen LogP contribution < -0.4 is 10.3 Å². The molecule has 34 heavy (non-hydrogen) atoms. The lowest BCUT2D eigenvalue weighted by Crippen LogP contribution is -2.28. The molecular weight excluding hydrogens is 698 g/mol. The molecule has 0 aliphatic rings. The second-order valence-corrected chi connectivity index (χ2v) is 13.8. The molecule has 10 heteroatoms. The highest BCUT2D eigenvalue weighted by molar-refractivity contribution is 14.1. The van der Waals surface area contributed by atoms with Crippen LogP contribution in [0.5, 0.6) is 0 Å². The van der Waals surface area contributed by atoms with Gasteiger partial charge in [0.25, 0.3) is 0 Å². The van der Waals surface area contributed by atoms with Crippen LogP contribution in [-0.4, -0.2) is 29.3 Å². The van der Waals surface area contributed by atoms with Crippen LogP contribution in [0.1, 0.15) is 22.3 Å². The van der Waals surface area contributed by atoms with Crippen molar-refractivity contribution in [2.75, 3.05) is 18.2 Å². The summed E-state index contributed by atoms with van der Waals surface area (Å²) in [4.78, 5) is 0.391. The zero-order chi connectivity index (χ0) is 25.3. The Hall–Kier alpha value is -2.13. The number of rotatable bonds is 2. The highest BCUT2D eigenvalue weighted by atomic mass is 127. The minimum absolute atomic E-state index is 0.196. The van der Waals surface area contributed by atoms with E-state index in [-0.39, 0.29) is 9.79 Å². The van der Waals surface area contributed by atoms with Crippen molar-refractivity contribution < 1.29 is 21.4 Å². The number of nitrogen functional groups attached to an aromatic ring is 1. The Bertz CT molecular complexity index is 1540. The van der Waals surface area contributed by atoms with Crippen LogP contribution in [0.15, 0.2) is 58.6 Å². The average Bonchev–Trinajstić information content (AvgIpc) is 2.73. The third-order valence-electron chi connectivity index (χ3n) is 4.64. The van der Waals surface area contributed by atoms with Gasteiger partial charge in [-0.3, -0.25) is 0 Å². The first kappa shape index (κ1) is 26.5. The van der Waals surface area contributed by atoms with Crippen molar-refractivity contribution in [3.63, 3.8) is 0 Å². The third kappa shape index (κ3) is 6.50. The number of halogens is 2. The van der Waals surface area contributed by atoms with Crippen LogP contribution in [0.2, 0.25) is 0 Å². The van der Waals surface area contributed by atoms with Gasteiger partial charge in [0.05, 0.1) is 15.5 Å². The fourth-order valence-electron chi connectivity index (χ4n) is 2.86. The van der Waals surface area contributed by atoms with Gasteiger partial charge in [0.15, 0.2) is 32.1 Å². The Morgan fingerprint density at radius 1 is 0.706 bits per heavy atom. The second-order valence-electron chi connectivity index (χ2n) is 7.49. The van der Waals surface area contributed by atoms with E-state index in [2.05, 4.69) is 68.9 Å². The van der Waals surface area contributed by atoms with E-state index in [1.54, 1.807) is 53.4 Å². The van der Waals surface area contributed by atoms with Gasteiger partial charge in [0, 0.05) is 30.8 Å². The number of hydrogen-bond donors (Lipinski definition) is 1. The Labute approximate surface area is 227 Å². The van der Waals surface area contributed by atoms with Gasteiger partial charge in [-0.1, -0.05) is 23.7 Å². The van der Waals surface area contributed by atoms with Crippen LogP contribution >= 0.6 is 45.2 Å². The summed E-state index contributed by atoms with van der Waals surface area (Å²) in [5.74, 6) is 12.1. The molecule has 6 nitrogen and oxygen atoms in total. The Morgan fingerprint density at radius 3 is 1.41 bits per heavy atom. The molecule has 174 valence electrons. The van der Waals surface area contributed by atoms with Gasteiger partial charge in [-0.15, -0.1) is 0 Å². The highest BCUT2D eigenvalue weighted by Crippen LogP contribution is 2.20. The Kier molecular flexibility index (Phi) is 7.97. The summed E-state index contributed by atoms with van der Waals surface area (Å²) in [5.41, 5.74) is 8.95. The lowest BCUT2D eigenvalue weighted by molar-refractivity contribution is -0.671. The minimum atomic E-state index is -3.35. The standard InChI is InChI=1S/C24H18I2N2O4S2/c1-28-14-18(6-4-16-12-20(33(2,29)30)8-10-22(16)25)24(27)19(15-28)7-5-17-13-21(34(3,31)32)9-11-23(17)26/h8-15,27H,1-3H3/p+1. The lowest BCUT2D eigenvalue weighted by Gasteiger charge is -2.03. The first-order chi connectivity index (χ1) is 15.8. The van der Waals surface area contributed by atoms with Gasteiger partial charge in [-0.25, -0.2) is 21.4 Å². The smallest absolute Gasteiger partial charge is 0.186 e. The molecule has 1 heterocycles. The average molecular weight is 717 g/mol. The number of anilines is 1. The predicted octanol–water partition coefficient (Wildman–Crippen LogP) is 2.91. The van der Waals surface area contributed by atoms with Gasteiger partial charge in [-0.2, -0.15) is 0 Å². The van der Waals surface area contributed by atoms with E-state index in [0.717, 1.165) is 19.7 Å². The van der Waals surface area contributed by atoms with E-state index in [4.69, 9.17) is 5.73 Å². The van der Waals surface area contributed by atoms with Crippen molar-refractivity contribution in [1.29, 1.82) is 0 Å². The fraction of sp³-hybridized carbons (Fsp3) is 0.125. The monoisotopic (exact) mass is 717 g/mol. The van der Waals surface area contributed by atoms with Crippen molar-refractivity contribution in [3.8, 4) is 23.7 Å². The molecule has 2 N–H and O–H groups in total. The zero-order valence-electron chi connectivity index (χ0n) is 18.3. The van der Waals surface area contributed by atoms with Crippen molar-refractivity contribution in [2.45, 2.75) is 9.79 Å². The zero-order valence-corrected chi connectivity index (χ0v) is 24.3. The van der Waals surface area contributed by atoms with Crippen LogP contribution in [-0.2, 0) is 26.7 Å². The predicted molar refractivity (Wildman–Crippen MR) is 149 cm³/mol. The first-order valence-electron chi connectivity index (χ1n) is 9.58. The molecule has 0 spiro atoms. The molecule has 0 aliphatic heterocycles. The third-order valence-corrected chi connectivity index (χ3v) is 8.74. The maximum absolute atomic E-state index is 11.9. The molecule has 0 radical (unpaired) electrons. The van der Waals surface area contributed by atoms with Gasteiger partial charge in [0.2, 0.25) is 0 Å². The minimum Gasteiger partial charge on any atom is -0.396 e. The summed E-state index contributed by atoms with van der Waals surface area (Å²) >= 11 is 4.20. The Balaban J connectivity index is 2.06. The molecule has 0 saturated carbocycles. The maximum Gasteiger partial charge on any atom is 0.186 e. The van der Waals surface area contributed by atoms with Gasteiger partial charge >= 0.3 is 0 Å². The number of aryl methyl sites for hydroxylation is 1. The summed E-state index contributed by atoms with van der Waals surface area (Å²) < 4.78 is 50.9.